The van der Waals surface area contributed by atoms with Crippen LogP contribution in [0.2, 0.25) is 0 Å². The number of aromatic nitrogens is 1. The Balaban J connectivity index is 2.61. The Kier molecular flexibility index (Phi) is 3.09. The summed E-state index contributed by atoms with van der Waals surface area (Å²) < 4.78 is 0. The predicted octanol–water partition coefficient (Wildman–Crippen LogP) is 3.18. The molecule has 0 fully saturated rings. The van der Waals surface area contributed by atoms with E-state index in [1.54, 1.807) is 0 Å². The van der Waals surface area contributed by atoms with E-state index in [9.17, 15) is 4.79 Å². The topological polar surface area (TPSA) is 32.9 Å². The fourth-order valence-electron chi connectivity index (χ4n) is 2.06. The van der Waals surface area contributed by atoms with Crippen LogP contribution < -0.4 is 5.43 Å². The van der Waals surface area contributed by atoms with Crippen LogP contribution >= 0.6 is 0 Å². The van der Waals surface area contributed by atoms with Crippen LogP contribution in [0.5, 0.6) is 0 Å². The average Bonchev–Trinajstić information content (AvgIpc) is 2.29. The number of pyridine rings is 1. The van der Waals surface area contributed by atoms with Gasteiger partial charge in [-0.05, 0) is 31.9 Å². The van der Waals surface area contributed by atoms with Gasteiger partial charge in [0.1, 0.15) is 0 Å². The number of H-pyrrole nitrogens is 1. The number of aromatic amines is 1. The quantitative estimate of drug-likeness (QED) is 0.838. The van der Waals surface area contributed by atoms with E-state index in [0.29, 0.717) is 0 Å². The molecule has 0 aliphatic heterocycles. The minimum Gasteiger partial charge on any atom is -0.358 e. The molecule has 0 radical (unpaired) electrons. The first kappa shape index (κ1) is 10.9. The van der Waals surface area contributed by atoms with E-state index in [1.165, 1.54) is 0 Å². The summed E-state index contributed by atoms with van der Waals surface area (Å²) in [7, 11) is 0. The van der Waals surface area contributed by atoms with Crippen molar-refractivity contribution in [3.05, 3.63) is 45.7 Å². The lowest BCUT2D eigenvalue weighted by Crippen LogP contribution is -2.13. The summed E-state index contributed by atoms with van der Waals surface area (Å²) in [5.74, 6) is 0. The molecule has 2 nitrogen and oxygen atoms in total. The lowest BCUT2D eigenvalue weighted by molar-refractivity contribution is 0.784. The maximum atomic E-state index is 12.2. The van der Waals surface area contributed by atoms with Gasteiger partial charge in [-0.3, -0.25) is 4.79 Å². The van der Waals surface area contributed by atoms with Crippen LogP contribution in [-0.4, -0.2) is 4.98 Å². The van der Waals surface area contributed by atoms with Crippen molar-refractivity contribution in [3.8, 4) is 0 Å². The highest BCUT2D eigenvalue weighted by Gasteiger charge is 2.07. The van der Waals surface area contributed by atoms with Crippen LogP contribution in [0.3, 0.4) is 0 Å². The number of nitrogens with one attached hydrogen (secondary N) is 1. The molecule has 0 aliphatic rings. The number of para-hydroxylation sites is 1. The van der Waals surface area contributed by atoms with E-state index in [4.69, 9.17) is 0 Å². The molecule has 1 aromatic heterocycles. The van der Waals surface area contributed by atoms with E-state index < -0.39 is 0 Å². The molecule has 0 amide bonds. The summed E-state index contributed by atoms with van der Waals surface area (Å²) in [6.07, 6.45) is 3.07. The van der Waals surface area contributed by atoms with Crippen LogP contribution in [0.25, 0.3) is 10.9 Å². The summed E-state index contributed by atoms with van der Waals surface area (Å²) >= 11 is 0. The molecule has 1 N–H and O–H groups in total. The van der Waals surface area contributed by atoms with Gasteiger partial charge in [-0.2, -0.15) is 0 Å². The summed E-state index contributed by atoms with van der Waals surface area (Å²) in [5, 5.41) is 0.805. The summed E-state index contributed by atoms with van der Waals surface area (Å²) in [5.41, 5.74) is 3.09. The van der Waals surface area contributed by atoms with Crippen molar-refractivity contribution in [3.63, 3.8) is 0 Å². The molecule has 84 valence electrons. The first-order valence-corrected chi connectivity index (χ1v) is 5.84. The molecule has 0 atom stereocenters. The Hall–Kier alpha value is -1.57. The molecule has 2 heteroatoms. The fraction of sp³-hybridized carbons (Fsp3) is 0.357. The van der Waals surface area contributed by atoms with Crippen molar-refractivity contribution < 1.29 is 0 Å². The van der Waals surface area contributed by atoms with E-state index in [1.807, 2.05) is 31.2 Å². The average molecular weight is 215 g/mol. The number of unbranched alkanes of at least 4 members (excludes halogenated alkanes) is 1. The lowest BCUT2D eigenvalue weighted by atomic mass is 10.0. The highest BCUT2D eigenvalue weighted by molar-refractivity contribution is 5.79. The van der Waals surface area contributed by atoms with Crippen molar-refractivity contribution in [2.24, 2.45) is 0 Å². The van der Waals surface area contributed by atoms with Crippen molar-refractivity contribution in [2.45, 2.75) is 33.1 Å². The molecule has 0 aliphatic carbocycles. The second-order valence-electron chi connectivity index (χ2n) is 4.21. The molecule has 0 bridgehead atoms. The van der Waals surface area contributed by atoms with Crippen LogP contribution in [0.1, 0.15) is 31.0 Å². The van der Waals surface area contributed by atoms with Crippen LogP contribution in [0.15, 0.2) is 29.1 Å². The van der Waals surface area contributed by atoms with E-state index >= 15 is 0 Å². The first-order valence-electron chi connectivity index (χ1n) is 5.84. The largest absolute Gasteiger partial charge is 0.358 e. The van der Waals surface area contributed by atoms with Gasteiger partial charge in [0.15, 0.2) is 5.43 Å². The molecule has 0 unspecified atom stereocenters. The van der Waals surface area contributed by atoms with Crippen molar-refractivity contribution >= 4 is 10.9 Å². The number of rotatable bonds is 3. The molecule has 1 aromatic carbocycles. The van der Waals surface area contributed by atoms with Gasteiger partial charge in [0, 0.05) is 22.2 Å². The number of benzene rings is 1. The molecule has 0 saturated carbocycles. The van der Waals surface area contributed by atoms with Gasteiger partial charge in [-0.15, -0.1) is 0 Å². The second-order valence-corrected chi connectivity index (χ2v) is 4.21. The third-order valence-electron chi connectivity index (χ3n) is 3.00. The molecule has 2 aromatic rings. The zero-order chi connectivity index (χ0) is 11.5. The minimum absolute atomic E-state index is 0.195. The molecule has 0 spiro atoms. The third kappa shape index (κ3) is 1.87. The van der Waals surface area contributed by atoms with Gasteiger partial charge in [0.2, 0.25) is 0 Å². The lowest BCUT2D eigenvalue weighted by Gasteiger charge is -2.07. The SMILES string of the molecule is CCCCc1c(C)[nH]c2ccccc2c1=O. The van der Waals surface area contributed by atoms with Gasteiger partial charge in [0.05, 0.1) is 0 Å². The number of fused-ring (bicyclic) bond motifs is 1. The smallest absolute Gasteiger partial charge is 0.192 e. The standard InChI is InChI=1S/C14H17NO/c1-3-4-7-11-10(2)15-13-9-6-5-8-12(13)14(11)16/h5-6,8-9H,3-4,7H2,1-2H3,(H,15,16). The van der Waals surface area contributed by atoms with Crippen LogP contribution in [0, 0.1) is 6.92 Å². The van der Waals surface area contributed by atoms with E-state index in [-0.39, 0.29) is 5.43 Å². The Morgan fingerprint density at radius 1 is 1.25 bits per heavy atom. The van der Waals surface area contributed by atoms with Crippen molar-refractivity contribution in [2.75, 3.05) is 0 Å². The van der Waals surface area contributed by atoms with Crippen LogP contribution in [0.4, 0.5) is 0 Å². The van der Waals surface area contributed by atoms with Crippen molar-refractivity contribution in [1.29, 1.82) is 0 Å². The number of hydrogen-bond donors (Lipinski definition) is 1. The second kappa shape index (κ2) is 4.52. The van der Waals surface area contributed by atoms with Gasteiger partial charge in [-0.1, -0.05) is 25.5 Å². The molecule has 2 rings (SSSR count). The van der Waals surface area contributed by atoms with Crippen LogP contribution in [-0.2, 0) is 6.42 Å². The Bertz CT molecular complexity index is 554. The third-order valence-corrected chi connectivity index (χ3v) is 3.00. The maximum absolute atomic E-state index is 12.2. The Labute approximate surface area is 95.3 Å². The van der Waals surface area contributed by atoms with Gasteiger partial charge in [-0.25, -0.2) is 0 Å². The molecular formula is C14H17NO. The normalized spacial score (nSPS) is 10.9. The Morgan fingerprint density at radius 3 is 2.75 bits per heavy atom. The molecule has 0 saturated heterocycles. The summed E-state index contributed by atoms with van der Waals surface area (Å²) in [6.45, 7) is 4.13. The zero-order valence-corrected chi connectivity index (χ0v) is 9.84. The van der Waals surface area contributed by atoms with E-state index in [0.717, 1.165) is 41.4 Å². The summed E-state index contributed by atoms with van der Waals surface area (Å²) in [6, 6.07) is 7.70. The fourth-order valence-corrected chi connectivity index (χ4v) is 2.06. The highest BCUT2D eigenvalue weighted by Crippen LogP contribution is 2.12. The molecule has 16 heavy (non-hydrogen) atoms. The zero-order valence-electron chi connectivity index (χ0n) is 9.84. The molecular weight excluding hydrogens is 198 g/mol. The first-order chi connectivity index (χ1) is 7.74. The van der Waals surface area contributed by atoms with E-state index in [2.05, 4.69) is 11.9 Å². The van der Waals surface area contributed by atoms with Gasteiger partial charge < -0.3 is 4.98 Å². The van der Waals surface area contributed by atoms with Gasteiger partial charge >= 0.3 is 0 Å². The minimum atomic E-state index is 0.195. The summed E-state index contributed by atoms with van der Waals surface area (Å²) in [4.78, 5) is 15.5. The number of hydrogen-bond acceptors (Lipinski definition) is 1. The Morgan fingerprint density at radius 2 is 2.00 bits per heavy atom. The van der Waals surface area contributed by atoms with Gasteiger partial charge in [0.25, 0.3) is 0 Å². The highest BCUT2D eigenvalue weighted by atomic mass is 16.1. The predicted molar refractivity (Wildman–Crippen MR) is 67.9 cm³/mol. The maximum Gasteiger partial charge on any atom is 0.192 e. The molecule has 1 heterocycles. The monoisotopic (exact) mass is 215 g/mol. The van der Waals surface area contributed by atoms with Crippen molar-refractivity contribution in [1.82, 2.24) is 4.98 Å². The number of aryl methyl sites for hydroxylation is 1.